The summed E-state index contributed by atoms with van der Waals surface area (Å²) in [5.74, 6) is -0.735. The zero-order chi connectivity index (χ0) is 14.4. The number of carbonyl (C=O) groups is 2. The van der Waals surface area contributed by atoms with Crippen LogP contribution in [0, 0.1) is 0 Å². The van der Waals surface area contributed by atoms with Gasteiger partial charge in [0, 0.05) is 22.4 Å². The minimum Gasteiger partial charge on any atom is -0.344 e. The lowest BCUT2D eigenvalue weighted by Gasteiger charge is -2.10. The molecule has 0 saturated heterocycles. The average Bonchev–Trinajstić information content (AvgIpc) is 2.83. The fourth-order valence-electron chi connectivity index (χ4n) is 2.73. The number of carbonyl (C=O) groups excluding carboxylic acids is 2. The van der Waals surface area contributed by atoms with E-state index in [9.17, 15) is 9.59 Å². The SMILES string of the molecule is N.O=C1C=C(c2c3ccccc3nc3ccccc23)C(=O)N1. The summed E-state index contributed by atoms with van der Waals surface area (Å²) in [6, 6.07) is 15.3. The van der Waals surface area contributed by atoms with Gasteiger partial charge in [-0.1, -0.05) is 36.4 Å². The summed E-state index contributed by atoms with van der Waals surface area (Å²) >= 11 is 0. The molecule has 108 valence electrons. The lowest BCUT2D eigenvalue weighted by molar-refractivity contribution is -0.123. The quantitative estimate of drug-likeness (QED) is 0.532. The zero-order valence-electron chi connectivity index (χ0n) is 11.7. The van der Waals surface area contributed by atoms with Gasteiger partial charge < -0.3 is 6.15 Å². The molecule has 0 atom stereocenters. The van der Waals surface area contributed by atoms with Crippen molar-refractivity contribution in [1.82, 2.24) is 16.5 Å². The van der Waals surface area contributed by atoms with Gasteiger partial charge in [0.05, 0.1) is 16.6 Å². The average molecular weight is 291 g/mol. The number of benzene rings is 2. The van der Waals surface area contributed by atoms with Crippen molar-refractivity contribution in [3.05, 3.63) is 60.2 Å². The normalized spacial score (nSPS) is 13.9. The van der Waals surface area contributed by atoms with E-state index < -0.39 is 0 Å². The van der Waals surface area contributed by atoms with Gasteiger partial charge in [0.1, 0.15) is 0 Å². The minimum atomic E-state index is -0.375. The van der Waals surface area contributed by atoms with E-state index in [0.717, 1.165) is 27.4 Å². The number of rotatable bonds is 1. The Kier molecular flexibility index (Phi) is 3.19. The number of hydrogen-bond acceptors (Lipinski definition) is 4. The van der Waals surface area contributed by atoms with Crippen LogP contribution in [0.1, 0.15) is 5.56 Å². The Hall–Kier alpha value is -3.05. The highest BCUT2D eigenvalue weighted by Crippen LogP contribution is 2.32. The van der Waals surface area contributed by atoms with Crippen LogP contribution in [0.5, 0.6) is 0 Å². The van der Waals surface area contributed by atoms with Crippen LogP contribution in [0.3, 0.4) is 0 Å². The van der Waals surface area contributed by atoms with Crippen molar-refractivity contribution in [2.24, 2.45) is 0 Å². The van der Waals surface area contributed by atoms with Crippen molar-refractivity contribution in [3.8, 4) is 0 Å². The number of nitrogens with one attached hydrogen (secondary N) is 1. The van der Waals surface area contributed by atoms with E-state index in [2.05, 4.69) is 10.3 Å². The summed E-state index contributed by atoms with van der Waals surface area (Å²) in [6.07, 6.45) is 1.36. The molecule has 1 aliphatic heterocycles. The summed E-state index contributed by atoms with van der Waals surface area (Å²) in [4.78, 5) is 28.1. The minimum absolute atomic E-state index is 0. The standard InChI is InChI=1S/C17H10N2O2.H3N/c20-15-9-12(17(21)19-15)16-10-5-1-3-7-13(10)18-14-8-4-2-6-11(14)16;/h1-9H,(H,19,20,21);1H3. The Bertz CT molecular complexity index is 906. The van der Waals surface area contributed by atoms with Crippen LogP contribution in [-0.2, 0) is 9.59 Å². The molecular formula is C17H13N3O2. The molecule has 0 aliphatic carbocycles. The molecule has 22 heavy (non-hydrogen) atoms. The fourth-order valence-corrected chi connectivity index (χ4v) is 2.73. The molecule has 0 unspecified atom stereocenters. The smallest absolute Gasteiger partial charge is 0.258 e. The van der Waals surface area contributed by atoms with Gasteiger partial charge in [-0.3, -0.25) is 14.9 Å². The number of nitrogens with zero attached hydrogens (tertiary/aromatic N) is 1. The fraction of sp³-hybridized carbons (Fsp3) is 0. The summed E-state index contributed by atoms with van der Waals surface area (Å²) in [6.45, 7) is 0. The molecule has 0 spiro atoms. The van der Waals surface area contributed by atoms with Crippen LogP contribution in [0.25, 0.3) is 27.4 Å². The van der Waals surface area contributed by atoms with Gasteiger partial charge in [0.25, 0.3) is 11.8 Å². The summed E-state index contributed by atoms with van der Waals surface area (Å²) < 4.78 is 0. The van der Waals surface area contributed by atoms with Crippen LogP contribution < -0.4 is 11.5 Å². The highest BCUT2D eigenvalue weighted by Gasteiger charge is 2.25. The molecule has 2 heterocycles. The first-order chi connectivity index (χ1) is 10.2. The molecule has 3 aromatic rings. The van der Waals surface area contributed by atoms with Gasteiger partial charge in [-0.2, -0.15) is 0 Å². The van der Waals surface area contributed by atoms with Gasteiger partial charge >= 0.3 is 0 Å². The predicted octanol–water partition coefficient (Wildman–Crippen LogP) is 2.59. The second-order valence-electron chi connectivity index (χ2n) is 4.90. The number of hydrogen-bond donors (Lipinski definition) is 2. The number of aromatic nitrogens is 1. The van der Waals surface area contributed by atoms with Crippen molar-refractivity contribution < 1.29 is 9.59 Å². The van der Waals surface area contributed by atoms with Crippen molar-refractivity contribution in [1.29, 1.82) is 0 Å². The van der Waals surface area contributed by atoms with Crippen molar-refractivity contribution >= 4 is 39.2 Å². The van der Waals surface area contributed by atoms with Crippen LogP contribution in [0.4, 0.5) is 0 Å². The highest BCUT2D eigenvalue weighted by molar-refractivity contribution is 6.37. The summed E-state index contributed by atoms with van der Waals surface area (Å²) in [7, 11) is 0. The molecule has 0 radical (unpaired) electrons. The lowest BCUT2D eigenvalue weighted by atomic mass is 9.96. The van der Waals surface area contributed by atoms with Crippen molar-refractivity contribution in [3.63, 3.8) is 0 Å². The topological polar surface area (TPSA) is 94.1 Å². The molecule has 5 heteroatoms. The predicted molar refractivity (Wildman–Crippen MR) is 85.4 cm³/mol. The Morgan fingerprint density at radius 2 is 1.36 bits per heavy atom. The first-order valence-electron chi connectivity index (χ1n) is 6.59. The van der Waals surface area contributed by atoms with Crippen LogP contribution in [0.2, 0.25) is 0 Å². The maximum absolute atomic E-state index is 12.1. The molecule has 0 saturated carbocycles. The number of fused-ring (bicyclic) bond motifs is 2. The second kappa shape index (κ2) is 5.05. The Morgan fingerprint density at radius 1 is 0.818 bits per heavy atom. The molecule has 4 rings (SSSR count). The van der Waals surface area contributed by atoms with Gasteiger partial charge in [-0.15, -0.1) is 0 Å². The Balaban J connectivity index is 0.00000144. The maximum Gasteiger partial charge on any atom is 0.258 e. The largest absolute Gasteiger partial charge is 0.344 e. The maximum atomic E-state index is 12.1. The first kappa shape index (κ1) is 13.9. The van der Waals surface area contributed by atoms with Gasteiger partial charge in [-0.05, 0) is 12.1 Å². The zero-order valence-corrected chi connectivity index (χ0v) is 11.7. The molecule has 4 N–H and O–H groups in total. The molecule has 1 aromatic heterocycles. The Labute approximate surface area is 126 Å². The van der Waals surface area contributed by atoms with Crippen molar-refractivity contribution in [2.45, 2.75) is 0 Å². The summed E-state index contributed by atoms with van der Waals surface area (Å²) in [5, 5.41) is 4.04. The third kappa shape index (κ3) is 1.96. The van der Waals surface area contributed by atoms with E-state index >= 15 is 0 Å². The Morgan fingerprint density at radius 3 is 1.86 bits per heavy atom. The summed E-state index contributed by atoms with van der Waals surface area (Å²) in [5.41, 5.74) is 2.77. The van der Waals surface area contributed by atoms with E-state index in [4.69, 9.17) is 0 Å². The van der Waals surface area contributed by atoms with Gasteiger partial charge in [0.15, 0.2) is 0 Å². The molecular weight excluding hydrogens is 278 g/mol. The van der Waals surface area contributed by atoms with E-state index in [-0.39, 0.29) is 18.0 Å². The molecule has 5 nitrogen and oxygen atoms in total. The number of pyridine rings is 1. The van der Waals surface area contributed by atoms with Crippen LogP contribution >= 0.6 is 0 Å². The van der Waals surface area contributed by atoms with Crippen LogP contribution in [0.15, 0.2) is 54.6 Å². The van der Waals surface area contributed by atoms with E-state index in [1.807, 2.05) is 48.5 Å². The first-order valence-corrected chi connectivity index (χ1v) is 6.59. The van der Waals surface area contributed by atoms with Gasteiger partial charge in [0.2, 0.25) is 0 Å². The molecule has 0 bridgehead atoms. The van der Waals surface area contributed by atoms with Crippen LogP contribution in [-0.4, -0.2) is 16.8 Å². The molecule has 1 aliphatic rings. The lowest BCUT2D eigenvalue weighted by Crippen LogP contribution is -2.21. The monoisotopic (exact) mass is 291 g/mol. The van der Waals surface area contributed by atoms with Gasteiger partial charge in [-0.25, -0.2) is 4.98 Å². The molecule has 2 aromatic carbocycles. The number of amides is 2. The van der Waals surface area contributed by atoms with E-state index in [0.29, 0.717) is 5.57 Å². The third-order valence-corrected chi connectivity index (χ3v) is 3.61. The molecule has 2 amide bonds. The second-order valence-corrected chi connectivity index (χ2v) is 4.90. The third-order valence-electron chi connectivity index (χ3n) is 3.61. The van der Waals surface area contributed by atoms with Crippen molar-refractivity contribution in [2.75, 3.05) is 0 Å². The molecule has 0 fully saturated rings. The van der Waals surface area contributed by atoms with E-state index in [1.54, 1.807) is 0 Å². The number of imide groups is 1. The highest BCUT2D eigenvalue weighted by atomic mass is 16.2. The van der Waals surface area contributed by atoms with E-state index in [1.165, 1.54) is 6.08 Å². The number of para-hydroxylation sites is 2.